The van der Waals surface area contributed by atoms with E-state index >= 15 is 0 Å². The van der Waals surface area contributed by atoms with Gasteiger partial charge in [-0.1, -0.05) is 5.57 Å². The Morgan fingerprint density at radius 3 is 2.54 bits per heavy atom. The summed E-state index contributed by atoms with van der Waals surface area (Å²) in [6, 6.07) is 4.89. The van der Waals surface area contributed by atoms with Gasteiger partial charge in [-0.2, -0.15) is 0 Å². The van der Waals surface area contributed by atoms with Crippen molar-refractivity contribution in [3.8, 4) is 0 Å². The topological polar surface area (TPSA) is 113 Å². The molecule has 0 spiro atoms. The first-order valence-corrected chi connectivity index (χ1v) is 9.64. The first-order valence-electron chi connectivity index (χ1n) is 9.64. The van der Waals surface area contributed by atoms with Crippen molar-refractivity contribution in [3.05, 3.63) is 40.6 Å². The molecule has 1 heterocycles. The van der Waals surface area contributed by atoms with Crippen molar-refractivity contribution in [3.63, 3.8) is 0 Å². The maximum Gasteiger partial charge on any atom is 0.305 e. The Morgan fingerprint density at radius 2 is 1.86 bits per heavy atom. The predicted molar refractivity (Wildman–Crippen MR) is 101 cm³/mol. The Kier molecular flexibility index (Phi) is 4.75. The Morgan fingerprint density at radius 1 is 1.11 bits per heavy atom. The van der Waals surface area contributed by atoms with Crippen molar-refractivity contribution in [1.29, 1.82) is 0 Å². The minimum Gasteiger partial charge on any atom is -0.481 e. The molecule has 7 heteroatoms. The van der Waals surface area contributed by atoms with Crippen molar-refractivity contribution < 1.29 is 24.3 Å². The van der Waals surface area contributed by atoms with Gasteiger partial charge in [0.2, 0.25) is 5.91 Å². The number of amides is 1. The van der Waals surface area contributed by atoms with E-state index in [4.69, 9.17) is 5.11 Å². The SMILES string of the molecule is O=C(O)CCNc1ccc2c(c1)C(=O)C(CC1CCC(=C3CC3)NC1=O)C2=O. The van der Waals surface area contributed by atoms with Gasteiger partial charge in [0.1, 0.15) is 0 Å². The molecule has 2 aliphatic carbocycles. The number of fused-ring (bicyclic) bond motifs is 1. The quantitative estimate of drug-likeness (QED) is 0.652. The molecule has 1 aromatic carbocycles. The summed E-state index contributed by atoms with van der Waals surface area (Å²) in [6.07, 6.45) is 3.77. The number of carboxylic acid groups (broad SMARTS) is 1. The van der Waals surface area contributed by atoms with Crippen molar-refractivity contribution in [2.45, 2.75) is 38.5 Å². The van der Waals surface area contributed by atoms with E-state index < -0.39 is 11.9 Å². The van der Waals surface area contributed by atoms with Crippen molar-refractivity contribution in [1.82, 2.24) is 5.32 Å². The lowest BCUT2D eigenvalue weighted by molar-refractivity contribution is -0.136. The van der Waals surface area contributed by atoms with Gasteiger partial charge in [-0.15, -0.1) is 0 Å². The Hall–Kier alpha value is -2.96. The fourth-order valence-electron chi connectivity index (χ4n) is 4.00. The number of nitrogens with one attached hydrogen (secondary N) is 2. The summed E-state index contributed by atoms with van der Waals surface area (Å²) < 4.78 is 0. The number of rotatable bonds is 6. The largest absolute Gasteiger partial charge is 0.481 e. The molecule has 1 saturated carbocycles. The molecule has 1 aliphatic heterocycles. The lowest BCUT2D eigenvalue weighted by atomic mass is 9.85. The molecular weight excluding hydrogens is 360 g/mol. The monoisotopic (exact) mass is 382 g/mol. The van der Waals surface area contributed by atoms with Gasteiger partial charge in [-0.25, -0.2) is 0 Å². The molecule has 2 unspecified atom stereocenters. The van der Waals surface area contributed by atoms with Gasteiger partial charge < -0.3 is 15.7 Å². The number of hydrogen-bond donors (Lipinski definition) is 3. The fraction of sp³-hybridized carbons (Fsp3) is 0.429. The highest BCUT2D eigenvalue weighted by atomic mass is 16.4. The highest BCUT2D eigenvalue weighted by Crippen LogP contribution is 2.38. The standard InChI is InChI=1S/C21H22N2O5/c24-18(25)7-8-22-13-4-5-14-15(10-13)20(27)16(19(14)26)9-12-3-6-17(11-1-2-11)23-21(12)28/h4-5,10,12,16,22H,1-3,6-9H2,(H,23,28)(H,24,25). The first kappa shape index (κ1) is 18.4. The van der Waals surface area contributed by atoms with Gasteiger partial charge in [0.15, 0.2) is 11.6 Å². The molecule has 2 fully saturated rings. The molecule has 146 valence electrons. The number of carbonyl (C=O) groups excluding carboxylic acids is 3. The lowest BCUT2D eigenvalue weighted by Gasteiger charge is -2.25. The van der Waals surface area contributed by atoms with Crippen LogP contribution in [-0.4, -0.2) is 35.1 Å². The van der Waals surface area contributed by atoms with Gasteiger partial charge in [0.25, 0.3) is 0 Å². The first-order chi connectivity index (χ1) is 13.4. The second-order valence-corrected chi connectivity index (χ2v) is 7.65. The average Bonchev–Trinajstić information content (AvgIpc) is 3.48. The van der Waals surface area contributed by atoms with Gasteiger partial charge in [0.05, 0.1) is 12.3 Å². The van der Waals surface area contributed by atoms with Crippen LogP contribution in [0.15, 0.2) is 29.5 Å². The van der Waals surface area contributed by atoms with Crippen molar-refractivity contribution >= 4 is 29.1 Å². The van der Waals surface area contributed by atoms with E-state index in [1.54, 1.807) is 18.2 Å². The van der Waals surface area contributed by atoms with Crippen molar-refractivity contribution in [2.24, 2.45) is 11.8 Å². The number of allylic oxidation sites excluding steroid dienone is 2. The number of ketones is 2. The molecule has 1 saturated heterocycles. The Labute approximate surface area is 162 Å². The van der Waals surface area contributed by atoms with Gasteiger partial charge in [-0.3, -0.25) is 19.2 Å². The molecule has 0 aromatic heterocycles. The average molecular weight is 382 g/mol. The summed E-state index contributed by atoms with van der Waals surface area (Å²) >= 11 is 0. The second-order valence-electron chi connectivity index (χ2n) is 7.65. The Balaban J connectivity index is 1.44. The molecule has 4 rings (SSSR count). The number of anilines is 1. The summed E-state index contributed by atoms with van der Waals surface area (Å²) in [4.78, 5) is 48.6. The second kappa shape index (κ2) is 7.22. The van der Waals surface area contributed by atoms with E-state index in [-0.39, 0.29) is 42.8 Å². The molecule has 3 N–H and O–H groups in total. The number of aliphatic carboxylic acids is 1. The maximum atomic E-state index is 12.8. The van der Waals surface area contributed by atoms with Crippen LogP contribution >= 0.6 is 0 Å². The summed E-state index contributed by atoms with van der Waals surface area (Å²) in [7, 11) is 0. The van der Waals surface area contributed by atoms with Crippen LogP contribution < -0.4 is 10.6 Å². The molecule has 7 nitrogen and oxygen atoms in total. The molecule has 0 radical (unpaired) electrons. The molecular formula is C21H22N2O5. The summed E-state index contributed by atoms with van der Waals surface area (Å²) in [5.74, 6) is -2.62. The zero-order valence-corrected chi connectivity index (χ0v) is 15.4. The number of benzene rings is 1. The van der Waals surface area contributed by atoms with E-state index in [2.05, 4.69) is 10.6 Å². The zero-order chi connectivity index (χ0) is 19.8. The van der Waals surface area contributed by atoms with Crippen LogP contribution in [0.3, 0.4) is 0 Å². The van der Waals surface area contributed by atoms with Crippen LogP contribution in [0.25, 0.3) is 0 Å². The van der Waals surface area contributed by atoms with Crippen LogP contribution in [0.2, 0.25) is 0 Å². The third-order valence-electron chi connectivity index (χ3n) is 5.69. The zero-order valence-electron chi connectivity index (χ0n) is 15.4. The van der Waals surface area contributed by atoms with Gasteiger partial charge in [0, 0.05) is 35.0 Å². The Bertz CT molecular complexity index is 911. The van der Waals surface area contributed by atoms with Crippen LogP contribution in [0.1, 0.15) is 59.2 Å². The minimum absolute atomic E-state index is 0.0402. The van der Waals surface area contributed by atoms with Crippen LogP contribution in [0, 0.1) is 11.8 Å². The van der Waals surface area contributed by atoms with Crippen LogP contribution in [-0.2, 0) is 9.59 Å². The number of Topliss-reactive ketones (excluding diaryl/α,β-unsaturated/α-hetero) is 2. The number of hydrogen-bond acceptors (Lipinski definition) is 5. The molecule has 3 aliphatic rings. The summed E-state index contributed by atoms with van der Waals surface area (Å²) in [5, 5.41) is 14.6. The third-order valence-corrected chi connectivity index (χ3v) is 5.69. The van der Waals surface area contributed by atoms with Crippen molar-refractivity contribution in [2.75, 3.05) is 11.9 Å². The fourth-order valence-corrected chi connectivity index (χ4v) is 4.00. The normalized spacial score (nSPS) is 23.5. The van der Waals surface area contributed by atoms with E-state index in [0.29, 0.717) is 23.2 Å². The van der Waals surface area contributed by atoms with Crippen LogP contribution in [0.5, 0.6) is 0 Å². The highest BCUT2D eigenvalue weighted by molar-refractivity contribution is 6.26. The molecule has 0 bridgehead atoms. The van der Waals surface area contributed by atoms with E-state index in [9.17, 15) is 19.2 Å². The molecule has 1 aromatic rings. The minimum atomic E-state index is -0.911. The van der Waals surface area contributed by atoms with Crippen LogP contribution in [0.4, 0.5) is 5.69 Å². The molecule has 2 atom stereocenters. The van der Waals surface area contributed by atoms with Gasteiger partial charge in [-0.05, 0) is 50.3 Å². The summed E-state index contributed by atoms with van der Waals surface area (Å²) in [6.45, 7) is 0.236. The predicted octanol–water partition coefficient (Wildman–Crippen LogP) is 2.53. The molecule has 1 amide bonds. The molecule has 28 heavy (non-hydrogen) atoms. The van der Waals surface area contributed by atoms with Gasteiger partial charge >= 0.3 is 5.97 Å². The van der Waals surface area contributed by atoms with E-state index in [0.717, 1.165) is 25.0 Å². The highest BCUT2D eigenvalue weighted by Gasteiger charge is 2.42. The number of carboxylic acids is 1. The smallest absolute Gasteiger partial charge is 0.305 e. The third kappa shape index (κ3) is 3.56. The lowest BCUT2D eigenvalue weighted by Crippen LogP contribution is -2.37. The number of piperidine rings is 1. The van der Waals surface area contributed by atoms with E-state index in [1.807, 2.05) is 0 Å². The maximum absolute atomic E-state index is 12.8. The van der Waals surface area contributed by atoms with E-state index in [1.165, 1.54) is 5.57 Å². The number of carbonyl (C=O) groups is 4. The summed E-state index contributed by atoms with van der Waals surface area (Å²) in [5.41, 5.74) is 3.70.